The van der Waals surface area contributed by atoms with Crippen LogP contribution in [0.3, 0.4) is 0 Å². The summed E-state index contributed by atoms with van der Waals surface area (Å²) in [6.45, 7) is 0. The van der Waals surface area contributed by atoms with Gasteiger partial charge in [-0.3, -0.25) is 9.00 Å². The van der Waals surface area contributed by atoms with Crippen LogP contribution in [0.15, 0.2) is 18.2 Å². The Morgan fingerprint density at radius 1 is 1.53 bits per heavy atom. The first-order chi connectivity index (χ1) is 8.02. The molecule has 1 rings (SSSR count). The molecule has 0 bridgehead atoms. The Morgan fingerprint density at radius 2 is 2.24 bits per heavy atom. The molecule has 94 valence electrons. The van der Waals surface area contributed by atoms with Gasteiger partial charge in [0.15, 0.2) is 11.6 Å². The second-order valence-electron chi connectivity index (χ2n) is 3.40. The van der Waals surface area contributed by atoms with Crippen LogP contribution >= 0.6 is 0 Å². The molecule has 1 aromatic rings. The molecule has 0 aromatic heterocycles. The van der Waals surface area contributed by atoms with Crippen LogP contribution in [0, 0.1) is 5.82 Å². The summed E-state index contributed by atoms with van der Waals surface area (Å²) in [5.41, 5.74) is 0.562. The van der Waals surface area contributed by atoms with Gasteiger partial charge in [0, 0.05) is 22.3 Å². The molecule has 0 aliphatic rings. The lowest BCUT2D eigenvalue weighted by Crippen LogP contribution is -2.06. The molecule has 0 fully saturated rings. The fraction of sp³-hybridized carbons (Fsp3) is 0.364. The van der Waals surface area contributed by atoms with E-state index in [1.165, 1.54) is 19.2 Å². The third-order valence-corrected chi connectivity index (χ3v) is 3.40. The van der Waals surface area contributed by atoms with Gasteiger partial charge in [-0.05, 0) is 17.7 Å². The molecule has 1 atom stereocenters. The van der Waals surface area contributed by atoms with E-state index < -0.39 is 22.6 Å². The van der Waals surface area contributed by atoms with Crippen LogP contribution in [0.1, 0.15) is 12.0 Å². The number of carboxylic acids is 1. The zero-order chi connectivity index (χ0) is 12.8. The third kappa shape index (κ3) is 4.52. The Kier molecular flexibility index (Phi) is 5.09. The van der Waals surface area contributed by atoms with Gasteiger partial charge in [0.2, 0.25) is 0 Å². The van der Waals surface area contributed by atoms with Gasteiger partial charge in [-0.1, -0.05) is 6.07 Å². The second-order valence-corrected chi connectivity index (χ2v) is 4.98. The standard InChI is InChI=1S/C11H13FO4S/c1-16-10-3-2-8(6-9(10)12)7-17(15)5-4-11(13)14/h2-3,6H,4-5,7H2,1H3,(H,13,14). The van der Waals surface area contributed by atoms with Gasteiger partial charge >= 0.3 is 5.97 Å². The van der Waals surface area contributed by atoms with E-state index in [-0.39, 0.29) is 23.7 Å². The van der Waals surface area contributed by atoms with Crippen LogP contribution < -0.4 is 4.74 Å². The monoisotopic (exact) mass is 260 g/mol. The van der Waals surface area contributed by atoms with Crippen LogP contribution in [0.4, 0.5) is 4.39 Å². The van der Waals surface area contributed by atoms with Crippen LogP contribution in [-0.2, 0) is 21.3 Å². The van der Waals surface area contributed by atoms with E-state index in [4.69, 9.17) is 9.84 Å². The molecule has 4 nitrogen and oxygen atoms in total. The Bertz CT molecular complexity index is 433. The minimum Gasteiger partial charge on any atom is -0.494 e. The summed E-state index contributed by atoms with van der Waals surface area (Å²) in [4.78, 5) is 10.3. The zero-order valence-electron chi connectivity index (χ0n) is 9.31. The van der Waals surface area contributed by atoms with Crippen LogP contribution in [-0.4, -0.2) is 28.1 Å². The van der Waals surface area contributed by atoms with Crippen molar-refractivity contribution in [1.29, 1.82) is 0 Å². The highest BCUT2D eigenvalue weighted by Gasteiger charge is 2.08. The van der Waals surface area contributed by atoms with Crippen molar-refractivity contribution in [1.82, 2.24) is 0 Å². The van der Waals surface area contributed by atoms with Crippen molar-refractivity contribution in [2.75, 3.05) is 12.9 Å². The highest BCUT2D eigenvalue weighted by atomic mass is 32.2. The number of benzene rings is 1. The average Bonchev–Trinajstić information content (AvgIpc) is 2.26. The summed E-state index contributed by atoms with van der Waals surface area (Å²) >= 11 is 0. The molecule has 0 radical (unpaired) electrons. The molecule has 0 saturated heterocycles. The number of aliphatic carboxylic acids is 1. The smallest absolute Gasteiger partial charge is 0.304 e. The fourth-order valence-corrected chi connectivity index (χ4v) is 2.36. The number of hydrogen-bond donors (Lipinski definition) is 1. The lowest BCUT2D eigenvalue weighted by atomic mass is 10.2. The predicted molar refractivity (Wildman–Crippen MR) is 61.9 cm³/mol. The maximum absolute atomic E-state index is 13.3. The van der Waals surface area contributed by atoms with Crippen molar-refractivity contribution in [2.45, 2.75) is 12.2 Å². The molecule has 6 heteroatoms. The number of carbonyl (C=O) groups is 1. The van der Waals surface area contributed by atoms with Gasteiger partial charge in [-0.25, -0.2) is 4.39 Å². The molecule has 0 saturated carbocycles. The molecule has 0 spiro atoms. The number of rotatable bonds is 6. The first-order valence-corrected chi connectivity index (χ1v) is 6.41. The molecule has 1 N–H and O–H groups in total. The molecule has 17 heavy (non-hydrogen) atoms. The highest BCUT2D eigenvalue weighted by molar-refractivity contribution is 7.84. The molecular formula is C11H13FO4S. The number of methoxy groups -OCH3 is 1. The number of carboxylic acid groups (broad SMARTS) is 1. The summed E-state index contributed by atoms with van der Waals surface area (Å²) in [6.07, 6.45) is -0.148. The maximum atomic E-state index is 13.3. The van der Waals surface area contributed by atoms with Crippen molar-refractivity contribution in [3.8, 4) is 5.75 Å². The summed E-state index contributed by atoms with van der Waals surface area (Å²) in [5, 5.41) is 8.43. The second kappa shape index (κ2) is 6.34. The van der Waals surface area contributed by atoms with E-state index in [0.29, 0.717) is 5.56 Å². The fourth-order valence-electron chi connectivity index (χ4n) is 1.26. The summed E-state index contributed by atoms with van der Waals surface area (Å²) in [7, 11) is 0.0675. The van der Waals surface area contributed by atoms with Gasteiger partial charge in [0.1, 0.15) is 0 Å². The maximum Gasteiger partial charge on any atom is 0.304 e. The van der Waals surface area contributed by atoms with E-state index >= 15 is 0 Å². The Hall–Kier alpha value is -1.43. The number of ether oxygens (including phenoxy) is 1. The van der Waals surface area contributed by atoms with Crippen molar-refractivity contribution in [2.24, 2.45) is 0 Å². The minimum atomic E-state index is -1.30. The van der Waals surface area contributed by atoms with Crippen LogP contribution in [0.5, 0.6) is 5.75 Å². The average molecular weight is 260 g/mol. The summed E-state index contributed by atoms with van der Waals surface area (Å²) < 4.78 is 29.5. The first kappa shape index (κ1) is 13.6. The topological polar surface area (TPSA) is 63.6 Å². The first-order valence-electron chi connectivity index (χ1n) is 4.92. The summed E-state index contributed by atoms with van der Waals surface area (Å²) in [6, 6.07) is 4.32. The van der Waals surface area contributed by atoms with Crippen molar-refractivity contribution in [3.63, 3.8) is 0 Å². The third-order valence-electron chi connectivity index (χ3n) is 2.09. The quantitative estimate of drug-likeness (QED) is 0.843. The Balaban J connectivity index is 2.60. The van der Waals surface area contributed by atoms with Gasteiger partial charge in [0.05, 0.1) is 13.5 Å². The molecule has 0 aliphatic carbocycles. The number of halogens is 1. The van der Waals surface area contributed by atoms with Gasteiger partial charge in [-0.2, -0.15) is 0 Å². The van der Waals surface area contributed by atoms with E-state index in [1.54, 1.807) is 6.07 Å². The van der Waals surface area contributed by atoms with Crippen molar-refractivity contribution < 1.29 is 23.2 Å². The van der Waals surface area contributed by atoms with E-state index in [2.05, 4.69) is 0 Å². The Labute approximate surface area is 101 Å². The molecule has 1 aromatic carbocycles. The van der Waals surface area contributed by atoms with Gasteiger partial charge in [0.25, 0.3) is 0 Å². The zero-order valence-corrected chi connectivity index (χ0v) is 10.1. The van der Waals surface area contributed by atoms with Gasteiger partial charge in [-0.15, -0.1) is 0 Å². The Morgan fingerprint density at radius 3 is 2.76 bits per heavy atom. The summed E-state index contributed by atoms with van der Waals surface area (Å²) in [5.74, 6) is -1.15. The van der Waals surface area contributed by atoms with Crippen molar-refractivity contribution in [3.05, 3.63) is 29.6 Å². The molecule has 0 aliphatic heterocycles. The van der Waals surface area contributed by atoms with Crippen LogP contribution in [0.2, 0.25) is 0 Å². The number of hydrogen-bond acceptors (Lipinski definition) is 3. The molecule has 0 heterocycles. The highest BCUT2D eigenvalue weighted by Crippen LogP contribution is 2.18. The molecular weight excluding hydrogens is 247 g/mol. The lowest BCUT2D eigenvalue weighted by Gasteiger charge is -2.05. The lowest BCUT2D eigenvalue weighted by molar-refractivity contribution is -0.136. The largest absolute Gasteiger partial charge is 0.494 e. The molecule has 1 unspecified atom stereocenters. The van der Waals surface area contributed by atoms with Crippen LogP contribution in [0.25, 0.3) is 0 Å². The predicted octanol–water partition coefficient (Wildman–Crippen LogP) is 1.56. The molecule has 0 amide bonds. The normalized spacial score (nSPS) is 12.1. The van der Waals surface area contributed by atoms with E-state index in [0.717, 1.165) is 0 Å². The van der Waals surface area contributed by atoms with E-state index in [1.807, 2.05) is 0 Å². The minimum absolute atomic E-state index is 0.0724. The van der Waals surface area contributed by atoms with E-state index in [9.17, 15) is 13.4 Å². The van der Waals surface area contributed by atoms with Gasteiger partial charge < -0.3 is 9.84 Å². The SMILES string of the molecule is COc1ccc(CS(=O)CCC(=O)O)cc1F. The van der Waals surface area contributed by atoms with Crippen molar-refractivity contribution >= 4 is 16.8 Å².